The number of rotatable bonds is 1. The third-order valence-electron chi connectivity index (χ3n) is 2.02. The predicted octanol–water partition coefficient (Wildman–Crippen LogP) is 1.88. The molecular formula is C14H24O12. The van der Waals surface area contributed by atoms with E-state index in [0.717, 1.165) is 0 Å². The Morgan fingerprint density at radius 3 is 1.54 bits per heavy atom. The monoisotopic (exact) mass is 384 g/mol. The molecule has 0 aromatic rings. The van der Waals surface area contributed by atoms with Gasteiger partial charge < -0.3 is 37.9 Å². The van der Waals surface area contributed by atoms with Crippen LogP contribution in [-0.4, -0.2) is 78.5 Å². The molecule has 2 saturated heterocycles. The van der Waals surface area contributed by atoms with Crippen molar-refractivity contribution >= 4 is 24.6 Å². The Bertz CT molecular complexity index is 400. The number of hydrogen-bond donors (Lipinski definition) is 0. The van der Waals surface area contributed by atoms with Gasteiger partial charge in [-0.1, -0.05) is 0 Å². The molecule has 0 spiro atoms. The van der Waals surface area contributed by atoms with Crippen LogP contribution in [0.25, 0.3) is 0 Å². The second-order valence-corrected chi connectivity index (χ2v) is 3.98. The Morgan fingerprint density at radius 1 is 0.923 bits per heavy atom. The molecular weight excluding hydrogens is 360 g/mol. The Kier molecular flexibility index (Phi) is 16.5. The van der Waals surface area contributed by atoms with Gasteiger partial charge in [0.25, 0.3) is 0 Å². The lowest BCUT2D eigenvalue weighted by molar-refractivity contribution is 0.0770. The van der Waals surface area contributed by atoms with Crippen LogP contribution in [-0.2, 0) is 37.9 Å². The van der Waals surface area contributed by atoms with Gasteiger partial charge in [0.05, 0.1) is 27.9 Å². The van der Waals surface area contributed by atoms with E-state index in [-0.39, 0.29) is 6.10 Å². The molecule has 0 radical (unpaired) electrons. The smallest absolute Gasteiger partial charge is 0.438 e. The van der Waals surface area contributed by atoms with Gasteiger partial charge in [-0.15, -0.1) is 0 Å². The summed E-state index contributed by atoms with van der Waals surface area (Å²) in [5, 5.41) is 0. The molecule has 1 atom stereocenters. The first-order chi connectivity index (χ1) is 12.3. The highest BCUT2D eigenvalue weighted by atomic mass is 16.8. The summed E-state index contributed by atoms with van der Waals surface area (Å²) in [4.78, 5) is 39.5. The van der Waals surface area contributed by atoms with Crippen molar-refractivity contribution in [1.29, 1.82) is 0 Å². The number of carbonyl (C=O) groups excluding carboxylic acids is 4. The van der Waals surface area contributed by atoms with Gasteiger partial charge in [-0.3, -0.25) is 0 Å². The van der Waals surface area contributed by atoms with Crippen molar-refractivity contribution in [3.8, 4) is 0 Å². The number of ether oxygens (including phenoxy) is 8. The van der Waals surface area contributed by atoms with E-state index in [9.17, 15) is 19.2 Å². The molecule has 0 N–H and O–H groups in total. The van der Waals surface area contributed by atoms with Crippen molar-refractivity contribution in [2.45, 2.75) is 20.0 Å². The van der Waals surface area contributed by atoms with Gasteiger partial charge in [0.15, 0.2) is 0 Å². The summed E-state index contributed by atoms with van der Waals surface area (Å²) < 4.78 is 34.0. The van der Waals surface area contributed by atoms with Crippen molar-refractivity contribution < 1.29 is 57.1 Å². The van der Waals surface area contributed by atoms with Gasteiger partial charge in [0, 0.05) is 0 Å². The molecule has 2 aliphatic rings. The Hall–Kier alpha value is -2.92. The first-order valence-electron chi connectivity index (χ1n) is 7.26. The van der Waals surface area contributed by atoms with Gasteiger partial charge >= 0.3 is 24.6 Å². The molecule has 0 aliphatic carbocycles. The highest BCUT2D eigenvalue weighted by Gasteiger charge is 2.19. The zero-order valence-electron chi connectivity index (χ0n) is 15.3. The molecule has 2 rings (SSSR count). The molecule has 0 aromatic carbocycles. The highest BCUT2D eigenvalue weighted by molar-refractivity contribution is 5.61. The van der Waals surface area contributed by atoms with Gasteiger partial charge in [-0.2, -0.15) is 0 Å². The molecule has 2 heterocycles. The van der Waals surface area contributed by atoms with Crippen molar-refractivity contribution in [3.05, 3.63) is 0 Å². The van der Waals surface area contributed by atoms with E-state index in [1.165, 1.54) is 21.3 Å². The maximum atomic E-state index is 10.0. The summed E-state index contributed by atoms with van der Waals surface area (Å²) in [6.07, 6.45) is -2.42. The average molecular weight is 384 g/mol. The quantitative estimate of drug-likeness (QED) is 0.481. The second-order valence-electron chi connectivity index (χ2n) is 3.98. The van der Waals surface area contributed by atoms with Crippen LogP contribution in [0.4, 0.5) is 19.2 Å². The summed E-state index contributed by atoms with van der Waals surface area (Å²) in [5.74, 6) is 0. The Balaban J connectivity index is 0. The summed E-state index contributed by atoms with van der Waals surface area (Å²) >= 11 is 0. The van der Waals surface area contributed by atoms with E-state index >= 15 is 0 Å². The predicted molar refractivity (Wildman–Crippen MR) is 82.6 cm³/mol. The second kappa shape index (κ2) is 16.9. The van der Waals surface area contributed by atoms with E-state index in [2.05, 4.69) is 37.9 Å². The zero-order chi connectivity index (χ0) is 20.4. The molecule has 0 aromatic heterocycles. The minimum Gasteiger partial charge on any atom is -0.438 e. The molecule has 152 valence electrons. The number of methoxy groups -OCH3 is 3. The fourth-order valence-electron chi connectivity index (χ4n) is 0.969. The summed E-state index contributed by atoms with van der Waals surface area (Å²) in [6, 6.07) is 0. The van der Waals surface area contributed by atoms with Gasteiger partial charge in [0.2, 0.25) is 0 Å². The average Bonchev–Trinajstić information content (AvgIpc) is 3.26. The van der Waals surface area contributed by atoms with E-state index in [1.807, 2.05) is 0 Å². The van der Waals surface area contributed by atoms with Gasteiger partial charge in [-0.25, -0.2) is 19.2 Å². The molecule has 0 amide bonds. The fraction of sp³-hybridized carbons (Fsp3) is 0.714. The topological polar surface area (TPSA) is 142 Å². The fourth-order valence-corrected chi connectivity index (χ4v) is 0.969. The normalized spacial score (nSPS) is 16.1. The van der Waals surface area contributed by atoms with Crippen LogP contribution in [0.5, 0.6) is 0 Å². The van der Waals surface area contributed by atoms with Crippen molar-refractivity contribution in [2.24, 2.45) is 0 Å². The third-order valence-corrected chi connectivity index (χ3v) is 2.02. The summed E-state index contributed by atoms with van der Waals surface area (Å²) in [7, 11) is 3.79. The molecule has 26 heavy (non-hydrogen) atoms. The van der Waals surface area contributed by atoms with Crippen molar-refractivity contribution in [2.75, 3.05) is 47.8 Å². The van der Waals surface area contributed by atoms with E-state index < -0.39 is 24.6 Å². The SMILES string of the molecule is CC1COC(=O)O1.CCOC(=O)OC.COC(=O)OC.O=C1OCCO1. The molecule has 2 fully saturated rings. The van der Waals surface area contributed by atoms with Crippen molar-refractivity contribution in [3.63, 3.8) is 0 Å². The lowest BCUT2D eigenvalue weighted by atomic mass is 10.5. The molecule has 1 unspecified atom stereocenters. The van der Waals surface area contributed by atoms with Crippen LogP contribution < -0.4 is 0 Å². The van der Waals surface area contributed by atoms with E-state index in [1.54, 1.807) is 13.8 Å². The summed E-state index contributed by atoms with van der Waals surface area (Å²) in [5.41, 5.74) is 0. The van der Waals surface area contributed by atoms with Gasteiger partial charge in [-0.05, 0) is 13.8 Å². The minimum absolute atomic E-state index is 0.0486. The molecule has 12 nitrogen and oxygen atoms in total. The summed E-state index contributed by atoms with van der Waals surface area (Å²) in [6.45, 7) is 5.10. The standard InChI is InChI=1S/C4H6O3.C4H8O3.C3H4O3.C3H6O3/c1-3-2-6-4(5)7-3;1-3-7-4(5)6-2;4-3-5-1-2-6-3;1-5-3(4)6-2/h3H,2H2,1H3;3H2,1-2H3;1-2H2;1-2H3. The number of hydrogen-bond acceptors (Lipinski definition) is 12. The largest absolute Gasteiger partial charge is 0.508 e. The maximum Gasteiger partial charge on any atom is 0.508 e. The molecule has 0 bridgehead atoms. The van der Waals surface area contributed by atoms with Crippen LogP contribution >= 0.6 is 0 Å². The molecule has 0 saturated carbocycles. The van der Waals surface area contributed by atoms with E-state index in [4.69, 9.17) is 0 Å². The Labute approximate surface area is 150 Å². The number of cyclic esters (lactones) is 4. The third kappa shape index (κ3) is 17.4. The first kappa shape index (κ1) is 25.3. The first-order valence-corrected chi connectivity index (χ1v) is 7.26. The van der Waals surface area contributed by atoms with Crippen LogP contribution in [0.1, 0.15) is 13.8 Å². The van der Waals surface area contributed by atoms with Crippen molar-refractivity contribution in [1.82, 2.24) is 0 Å². The van der Waals surface area contributed by atoms with E-state index in [0.29, 0.717) is 26.4 Å². The molecule has 12 heteroatoms. The van der Waals surface area contributed by atoms with Crippen LogP contribution in [0, 0.1) is 0 Å². The van der Waals surface area contributed by atoms with Gasteiger partial charge in [0.1, 0.15) is 25.9 Å². The molecule has 2 aliphatic heterocycles. The lowest BCUT2D eigenvalue weighted by Crippen LogP contribution is -2.02. The van der Waals surface area contributed by atoms with Crippen LogP contribution in [0.15, 0.2) is 0 Å². The lowest BCUT2D eigenvalue weighted by Gasteiger charge is -1.94. The Morgan fingerprint density at radius 2 is 1.42 bits per heavy atom. The number of carbonyl (C=O) groups is 4. The maximum absolute atomic E-state index is 10.0. The highest BCUT2D eigenvalue weighted by Crippen LogP contribution is 2.02. The minimum atomic E-state index is -0.657. The van der Waals surface area contributed by atoms with Crippen LogP contribution in [0.2, 0.25) is 0 Å². The van der Waals surface area contributed by atoms with Crippen LogP contribution in [0.3, 0.4) is 0 Å². The zero-order valence-corrected chi connectivity index (χ0v) is 15.3.